The minimum atomic E-state index is -0.291. The summed E-state index contributed by atoms with van der Waals surface area (Å²) in [6.07, 6.45) is 0. The zero-order valence-corrected chi connectivity index (χ0v) is 15.0. The Labute approximate surface area is 150 Å². The van der Waals surface area contributed by atoms with Crippen molar-refractivity contribution in [3.63, 3.8) is 0 Å². The maximum atomic E-state index is 12.3. The molecule has 0 unspecified atom stereocenters. The van der Waals surface area contributed by atoms with Gasteiger partial charge in [0.15, 0.2) is 0 Å². The van der Waals surface area contributed by atoms with Crippen LogP contribution in [0, 0.1) is 5.92 Å². The van der Waals surface area contributed by atoms with E-state index in [1.165, 1.54) is 12.1 Å². The van der Waals surface area contributed by atoms with Crippen molar-refractivity contribution in [2.45, 2.75) is 13.8 Å². The summed E-state index contributed by atoms with van der Waals surface area (Å²) in [5, 5.41) is 3.69. The molecule has 23 heavy (non-hydrogen) atoms. The SMILES string of the molecule is CC(C)COc1ccc(C(=O)Nc2cc(Cl)c(Cl)cc2Cl)cc1. The quantitative estimate of drug-likeness (QED) is 0.660. The summed E-state index contributed by atoms with van der Waals surface area (Å²) in [6, 6.07) is 9.91. The summed E-state index contributed by atoms with van der Waals surface area (Å²) in [4.78, 5) is 12.3. The molecule has 2 rings (SSSR count). The molecule has 1 amide bonds. The number of amides is 1. The van der Waals surface area contributed by atoms with Gasteiger partial charge in [-0.3, -0.25) is 4.79 Å². The Bertz CT molecular complexity index is 700. The smallest absolute Gasteiger partial charge is 0.255 e. The molecule has 1 N–H and O–H groups in total. The highest BCUT2D eigenvalue weighted by Gasteiger charge is 2.11. The van der Waals surface area contributed by atoms with Crippen molar-refractivity contribution in [3.05, 3.63) is 57.0 Å². The average Bonchev–Trinajstić information content (AvgIpc) is 2.51. The van der Waals surface area contributed by atoms with Crippen molar-refractivity contribution >= 4 is 46.4 Å². The van der Waals surface area contributed by atoms with Gasteiger partial charge in [0.05, 0.1) is 27.4 Å². The number of benzene rings is 2. The highest BCUT2D eigenvalue weighted by molar-refractivity contribution is 6.44. The fourth-order valence-electron chi connectivity index (χ4n) is 1.78. The van der Waals surface area contributed by atoms with Gasteiger partial charge in [-0.15, -0.1) is 0 Å². The van der Waals surface area contributed by atoms with Crippen molar-refractivity contribution in [1.82, 2.24) is 0 Å². The van der Waals surface area contributed by atoms with E-state index in [1.807, 2.05) is 0 Å². The van der Waals surface area contributed by atoms with E-state index in [1.54, 1.807) is 24.3 Å². The highest BCUT2D eigenvalue weighted by atomic mass is 35.5. The number of anilines is 1. The largest absolute Gasteiger partial charge is 0.493 e. The Morgan fingerprint density at radius 2 is 1.65 bits per heavy atom. The topological polar surface area (TPSA) is 38.3 Å². The second-order valence-electron chi connectivity index (χ2n) is 5.43. The lowest BCUT2D eigenvalue weighted by Gasteiger charge is -2.10. The second kappa shape index (κ2) is 7.91. The van der Waals surface area contributed by atoms with Crippen LogP contribution in [-0.2, 0) is 0 Å². The number of hydrogen-bond donors (Lipinski definition) is 1. The van der Waals surface area contributed by atoms with Crippen molar-refractivity contribution < 1.29 is 9.53 Å². The third-order valence-corrected chi connectivity index (χ3v) is 3.99. The lowest BCUT2D eigenvalue weighted by atomic mass is 10.2. The van der Waals surface area contributed by atoms with E-state index in [0.29, 0.717) is 38.8 Å². The van der Waals surface area contributed by atoms with Crippen LogP contribution in [-0.4, -0.2) is 12.5 Å². The molecule has 0 aliphatic rings. The van der Waals surface area contributed by atoms with Crippen molar-refractivity contribution in [2.75, 3.05) is 11.9 Å². The Hall–Kier alpha value is -1.42. The Balaban J connectivity index is 2.07. The fraction of sp³-hybridized carbons (Fsp3) is 0.235. The predicted molar refractivity (Wildman–Crippen MR) is 96.2 cm³/mol. The van der Waals surface area contributed by atoms with E-state index in [4.69, 9.17) is 39.5 Å². The first-order valence-corrected chi connectivity index (χ1v) is 8.19. The van der Waals surface area contributed by atoms with Gasteiger partial charge in [-0.1, -0.05) is 48.7 Å². The number of hydrogen-bond acceptors (Lipinski definition) is 2. The standard InChI is InChI=1S/C17H16Cl3NO2/c1-10(2)9-23-12-5-3-11(4-6-12)17(22)21-16-8-14(19)13(18)7-15(16)20/h3-8,10H,9H2,1-2H3,(H,21,22). The minimum absolute atomic E-state index is 0.291. The van der Waals surface area contributed by atoms with E-state index < -0.39 is 0 Å². The summed E-state index contributed by atoms with van der Waals surface area (Å²) in [5.41, 5.74) is 0.898. The minimum Gasteiger partial charge on any atom is -0.493 e. The third-order valence-electron chi connectivity index (χ3n) is 2.96. The molecule has 0 atom stereocenters. The van der Waals surface area contributed by atoms with E-state index in [-0.39, 0.29) is 5.91 Å². The van der Waals surface area contributed by atoms with Crippen LogP contribution in [0.1, 0.15) is 24.2 Å². The predicted octanol–water partition coefficient (Wildman–Crippen LogP) is 5.93. The van der Waals surface area contributed by atoms with E-state index >= 15 is 0 Å². The third kappa shape index (κ3) is 5.03. The van der Waals surface area contributed by atoms with Crippen molar-refractivity contribution in [3.8, 4) is 5.75 Å². The first-order chi connectivity index (χ1) is 10.9. The maximum absolute atomic E-state index is 12.3. The molecule has 0 aliphatic carbocycles. The molecule has 0 radical (unpaired) electrons. The lowest BCUT2D eigenvalue weighted by molar-refractivity contribution is 0.102. The van der Waals surface area contributed by atoms with Crippen LogP contribution in [0.2, 0.25) is 15.1 Å². The average molecular weight is 373 g/mol. The summed E-state index contributed by atoms with van der Waals surface area (Å²) in [5.74, 6) is 0.873. The number of ether oxygens (including phenoxy) is 1. The molecule has 0 fully saturated rings. The van der Waals surface area contributed by atoms with Gasteiger partial charge in [-0.05, 0) is 42.3 Å². The van der Waals surface area contributed by atoms with Gasteiger partial charge in [0.1, 0.15) is 5.75 Å². The Morgan fingerprint density at radius 3 is 2.26 bits per heavy atom. The molecule has 2 aromatic carbocycles. The summed E-state index contributed by atoms with van der Waals surface area (Å²) < 4.78 is 5.58. The van der Waals surface area contributed by atoms with E-state index in [0.717, 1.165) is 5.75 Å². The van der Waals surface area contributed by atoms with Crippen molar-refractivity contribution in [1.29, 1.82) is 0 Å². The molecule has 0 saturated heterocycles. The summed E-state index contributed by atoms with van der Waals surface area (Å²) >= 11 is 17.9. The van der Waals surface area contributed by atoms with Gasteiger partial charge in [-0.25, -0.2) is 0 Å². The molecule has 0 aliphatic heterocycles. The summed E-state index contributed by atoms with van der Waals surface area (Å²) in [6.45, 7) is 4.77. The van der Waals surface area contributed by atoms with Gasteiger partial charge in [-0.2, -0.15) is 0 Å². The zero-order valence-electron chi connectivity index (χ0n) is 12.7. The van der Waals surface area contributed by atoms with Crippen LogP contribution < -0.4 is 10.1 Å². The van der Waals surface area contributed by atoms with Crippen LogP contribution in [0.5, 0.6) is 5.75 Å². The van der Waals surface area contributed by atoms with Gasteiger partial charge >= 0.3 is 0 Å². The molecule has 0 spiro atoms. The van der Waals surface area contributed by atoms with Crippen LogP contribution >= 0.6 is 34.8 Å². The Morgan fingerprint density at radius 1 is 1.04 bits per heavy atom. The van der Waals surface area contributed by atoms with Crippen LogP contribution in [0.25, 0.3) is 0 Å². The summed E-state index contributed by atoms with van der Waals surface area (Å²) in [7, 11) is 0. The van der Waals surface area contributed by atoms with Gasteiger partial charge in [0, 0.05) is 5.56 Å². The molecular weight excluding hydrogens is 357 g/mol. The molecule has 0 aromatic heterocycles. The zero-order chi connectivity index (χ0) is 17.0. The monoisotopic (exact) mass is 371 g/mol. The number of rotatable bonds is 5. The second-order valence-corrected chi connectivity index (χ2v) is 6.65. The highest BCUT2D eigenvalue weighted by Crippen LogP contribution is 2.32. The maximum Gasteiger partial charge on any atom is 0.255 e. The number of nitrogens with one attached hydrogen (secondary N) is 1. The normalized spacial score (nSPS) is 10.7. The number of halogens is 3. The first-order valence-electron chi connectivity index (χ1n) is 7.05. The van der Waals surface area contributed by atoms with E-state index in [9.17, 15) is 4.79 Å². The lowest BCUT2D eigenvalue weighted by Crippen LogP contribution is -2.12. The number of carbonyl (C=O) groups excluding carboxylic acids is 1. The Kier molecular flexibility index (Phi) is 6.17. The fourth-order valence-corrected chi connectivity index (χ4v) is 2.37. The van der Waals surface area contributed by atoms with E-state index in [2.05, 4.69) is 19.2 Å². The molecule has 0 saturated carbocycles. The number of carbonyl (C=O) groups is 1. The van der Waals surface area contributed by atoms with Crippen LogP contribution in [0.15, 0.2) is 36.4 Å². The molecule has 2 aromatic rings. The van der Waals surface area contributed by atoms with Gasteiger partial charge in [0.25, 0.3) is 5.91 Å². The molecule has 0 bridgehead atoms. The molecule has 3 nitrogen and oxygen atoms in total. The van der Waals surface area contributed by atoms with Gasteiger partial charge in [0.2, 0.25) is 0 Å². The molecule has 6 heteroatoms. The molecule has 122 valence electrons. The molecule has 0 heterocycles. The van der Waals surface area contributed by atoms with Crippen LogP contribution in [0.4, 0.5) is 5.69 Å². The molecular formula is C17H16Cl3NO2. The first kappa shape index (κ1) is 17.9. The van der Waals surface area contributed by atoms with Gasteiger partial charge < -0.3 is 10.1 Å². The van der Waals surface area contributed by atoms with Crippen LogP contribution in [0.3, 0.4) is 0 Å². The van der Waals surface area contributed by atoms with Crippen molar-refractivity contribution in [2.24, 2.45) is 5.92 Å².